The molecule has 0 bridgehead atoms. The smallest absolute Gasteiger partial charge is 0.191 e. The van der Waals surface area contributed by atoms with E-state index in [0.717, 1.165) is 6.54 Å². The summed E-state index contributed by atoms with van der Waals surface area (Å²) in [5.74, 6) is 0.0414. The number of hydrogen-bond donors (Lipinski definition) is 2. The minimum absolute atomic E-state index is 0. The summed E-state index contributed by atoms with van der Waals surface area (Å²) < 4.78 is 37.1. The van der Waals surface area contributed by atoms with Crippen LogP contribution in [-0.4, -0.2) is 46.2 Å². The Balaban J connectivity index is 0.00000480. The first-order valence-corrected chi connectivity index (χ1v) is 11.9. The highest BCUT2D eigenvalue weighted by Gasteiger charge is 2.11. The lowest BCUT2D eigenvalue weighted by molar-refractivity contribution is 0.400. The van der Waals surface area contributed by atoms with E-state index in [1.807, 2.05) is 33.2 Å². The summed E-state index contributed by atoms with van der Waals surface area (Å²) in [6, 6.07) is 12.3. The molecule has 0 atom stereocenters. The number of guanidine groups is 1. The minimum atomic E-state index is -3.23. The zero-order valence-electron chi connectivity index (χ0n) is 18.5. The highest BCUT2D eigenvalue weighted by molar-refractivity contribution is 14.0. The molecular weight excluding hydrogens is 530 g/mol. The Kier molecular flexibility index (Phi) is 11.4. The third-order valence-corrected chi connectivity index (χ3v) is 5.22. The van der Waals surface area contributed by atoms with Gasteiger partial charge in [0, 0.05) is 25.9 Å². The van der Waals surface area contributed by atoms with Crippen molar-refractivity contribution >= 4 is 39.8 Å². The Bertz CT molecular complexity index is 981. The summed E-state index contributed by atoms with van der Waals surface area (Å²) in [7, 11) is 0.833. The maximum atomic E-state index is 13.7. The Morgan fingerprint density at radius 2 is 1.71 bits per heavy atom. The van der Waals surface area contributed by atoms with Crippen LogP contribution >= 0.6 is 24.0 Å². The van der Waals surface area contributed by atoms with Gasteiger partial charge in [-0.1, -0.05) is 30.3 Å². The normalized spacial score (nSPS) is 11.9. The molecule has 0 unspecified atom stereocenters. The van der Waals surface area contributed by atoms with Crippen molar-refractivity contribution in [3.05, 3.63) is 70.5 Å². The quantitative estimate of drug-likeness (QED) is 0.279. The molecule has 0 radical (unpaired) electrons. The first-order valence-electron chi connectivity index (χ1n) is 9.86. The van der Waals surface area contributed by atoms with Crippen LogP contribution in [0.5, 0.6) is 0 Å². The van der Waals surface area contributed by atoms with E-state index in [2.05, 4.69) is 32.7 Å². The van der Waals surface area contributed by atoms with Crippen molar-refractivity contribution in [1.29, 1.82) is 0 Å². The average molecular weight is 562 g/mol. The first-order chi connectivity index (χ1) is 14.2. The van der Waals surface area contributed by atoms with Gasteiger partial charge < -0.3 is 15.5 Å². The van der Waals surface area contributed by atoms with E-state index < -0.39 is 15.7 Å². The van der Waals surface area contributed by atoms with Crippen molar-refractivity contribution in [2.45, 2.75) is 32.3 Å². The van der Waals surface area contributed by atoms with Gasteiger partial charge >= 0.3 is 0 Å². The second-order valence-corrected chi connectivity index (χ2v) is 9.68. The molecule has 2 aromatic carbocycles. The van der Waals surface area contributed by atoms with Crippen LogP contribution in [0.4, 0.5) is 4.39 Å². The third-order valence-electron chi connectivity index (χ3n) is 4.39. The average Bonchev–Trinajstić information content (AvgIpc) is 2.65. The van der Waals surface area contributed by atoms with Crippen LogP contribution in [0.15, 0.2) is 47.5 Å². The fraction of sp³-hybridized carbons (Fsp3) is 0.409. The number of halogens is 2. The predicted molar refractivity (Wildman–Crippen MR) is 136 cm³/mol. The molecule has 6 nitrogen and oxygen atoms in total. The molecule has 0 aromatic heterocycles. The standard InChI is InChI=1S/C22H31FN4O2S.HI/c1-5-24-22(25-13-17-8-6-7-9-18(17)15-27(2)3)26-14-20-12-21(23)11-10-19(20)16-30(4,28)29;/h6-12H,5,13-16H2,1-4H3,(H2,24,25,26);1H. The van der Waals surface area contributed by atoms with Crippen LogP contribution in [0.25, 0.3) is 0 Å². The second-order valence-electron chi connectivity index (χ2n) is 7.54. The van der Waals surface area contributed by atoms with Crippen LogP contribution in [0.3, 0.4) is 0 Å². The van der Waals surface area contributed by atoms with Crippen molar-refractivity contribution < 1.29 is 12.8 Å². The molecule has 0 aliphatic carbocycles. The maximum absolute atomic E-state index is 13.7. The molecule has 9 heteroatoms. The monoisotopic (exact) mass is 562 g/mol. The maximum Gasteiger partial charge on any atom is 0.191 e. The molecule has 31 heavy (non-hydrogen) atoms. The van der Waals surface area contributed by atoms with E-state index >= 15 is 0 Å². The number of nitrogens with zero attached hydrogens (tertiary/aromatic N) is 2. The van der Waals surface area contributed by atoms with Crippen LogP contribution in [0.1, 0.15) is 29.2 Å². The molecule has 2 N–H and O–H groups in total. The van der Waals surface area contributed by atoms with Crippen molar-refractivity contribution in [2.24, 2.45) is 4.99 Å². The summed E-state index contributed by atoms with van der Waals surface area (Å²) in [5, 5.41) is 6.49. The fourth-order valence-electron chi connectivity index (χ4n) is 3.07. The van der Waals surface area contributed by atoms with Crippen LogP contribution in [0, 0.1) is 5.82 Å². The van der Waals surface area contributed by atoms with E-state index in [0.29, 0.717) is 30.2 Å². The summed E-state index contributed by atoms with van der Waals surface area (Å²) in [6.45, 7) is 4.25. The molecule has 2 aromatic rings. The molecule has 0 spiro atoms. The number of hydrogen-bond acceptors (Lipinski definition) is 4. The van der Waals surface area contributed by atoms with Gasteiger partial charge in [0.25, 0.3) is 0 Å². The molecule has 0 heterocycles. The van der Waals surface area contributed by atoms with E-state index in [1.54, 1.807) is 0 Å². The summed E-state index contributed by atoms with van der Waals surface area (Å²) in [5.41, 5.74) is 3.52. The van der Waals surface area contributed by atoms with Gasteiger partial charge in [-0.15, -0.1) is 24.0 Å². The first kappa shape index (κ1) is 27.3. The zero-order chi connectivity index (χ0) is 22.1. The predicted octanol–water partition coefficient (Wildman–Crippen LogP) is 3.31. The molecule has 0 amide bonds. The minimum Gasteiger partial charge on any atom is -0.357 e. The van der Waals surface area contributed by atoms with Gasteiger partial charge in [0.05, 0.1) is 12.3 Å². The number of benzene rings is 2. The Morgan fingerprint density at radius 1 is 1.03 bits per heavy atom. The van der Waals surface area contributed by atoms with Crippen LogP contribution in [-0.2, 0) is 35.2 Å². The Hall–Kier alpha value is -1.72. The van der Waals surface area contributed by atoms with Crippen LogP contribution in [0.2, 0.25) is 0 Å². The van der Waals surface area contributed by atoms with Crippen molar-refractivity contribution in [3.63, 3.8) is 0 Å². The molecule has 2 rings (SSSR count). The highest BCUT2D eigenvalue weighted by Crippen LogP contribution is 2.16. The van der Waals surface area contributed by atoms with Crippen LogP contribution < -0.4 is 10.6 Å². The van der Waals surface area contributed by atoms with E-state index in [1.165, 1.54) is 35.6 Å². The third kappa shape index (κ3) is 9.96. The van der Waals surface area contributed by atoms with Crippen molar-refractivity contribution in [3.8, 4) is 0 Å². The molecule has 0 saturated carbocycles. The Labute approximate surface area is 202 Å². The number of nitrogens with one attached hydrogen (secondary N) is 2. The van der Waals surface area contributed by atoms with Gasteiger partial charge in [-0.25, -0.2) is 17.8 Å². The fourth-order valence-corrected chi connectivity index (χ4v) is 3.92. The van der Waals surface area contributed by atoms with Gasteiger partial charge in [0.1, 0.15) is 5.82 Å². The molecule has 0 aliphatic rings. The summed E-state index contributed by atoms with van der Waals surface area (Å²) in [4.78, 5) is 6.66. The molecule has 0 aliphatic heterocycles. The SMILES string of the molecule is CCNC(=NCc1cc(F)ccc1CS(C)(=O)=O)NCc1ccccc1CN(C)C.I. The summed E-state index contributed by atoms with van der Waals surface area (Å²) in [6.07, 6.45) is 1.17. The number of aliphatic imine (C=N–C) groups is 1. The lowest BCUT2D eigenvalue weighted by Gasteiger charge is -2.16. The topological polar surface area (TPSA) is 73.8 Å². The van der Waals surface area contributed by atoms with Gasteiger partial charge in [-0.3, -0.25) is 0 Å². The second kappa shape index (κ2) is 13.0. The highest BCUT2D eigenvalue weighted by atomic mass is 127. The van der Waals surface area contributed by atoms with Crippen molar-refractivity contribution in [1.82, 2.24) is 15.5 Å². The van der Waals surface area contributed by atoms with E-state index in [-0.39, 0.29) is 36.3 Å². The molecule has 0 saturated heterocycles. The number of sulfone groups is 1. The van der Waals surface area contributed by atoms with E-state index in [4.69, 9.17) is 0 Å². The number of rotatable bonds is 9. The zero-order valence-corrected chi connectivity index (χ0v) is 21.6. The van der Waals surface area contributed by atoms with Crippen molar-refractivity contribution in [2.75, 3.05) is 26.9 Å². The largest absolute Gasteiger partial charge is 0.357 e. The van der Waals surface area contributed by atoms with Gasteiger partial charge in [-0.2, -0.15) is 0 Å². The lowest BCUT2D eigenvalue weighted by atomic mass is 10.1. The molecule has 0 fully saturated rings. The Morgan fingerprint density at radius 3 is 2.32 bits per heavy atom. The summed E-state index contributed by atoms with van der Waals surface area (Å²) >= 11 is 0. The lowest BCUT2D eigenvalue weighted by Crippen LogP contribution is -2.37. The van der Waals surface area contributed by atoms with E-state index in [9.17, 15) is 12.8 Å². The van der Waals surface area contributed by atoms with Gasteiger partial charge in [-0.05, 0) is 55.4 Å². The van der Waals surface area contributed by atoms with Gasteiger partial charge in [0.2, 0.25) is 0 Å². The molecule has 172 valence electrons. The molecular formula is C22H32FIN4O2S. The van der Waals surface area contributed by atoms with Gasteiger partial charge in [0.15, 0.2) is 15.8 Å².